The van der Waals surface area contributed by atoms with Gasteiger partial charge in [0, 0.05) is 17.7 Å². The van der Waals surface area contributed by atoms with E-state index in [0.29, 0.717) is 16.8 Å². The summed E-state index contributed by atoms with van der Waals surface area (Å²) < 4.78 is 31.8. The first kappa shape index (κ1) is 26.0. The maximum absolute atomic E-state index is 12.0. The lowest BCUT2D eigenvalue weighted by Crippen LogP contribution is -2.13. The van der Waals surface area contributed by atoms with Crippen molar-refractivity contribution in [2.24, 2.45) is 10.2 Å². The average Bonchev–Trinajstić information content (AvgIpc) is 3.15. The first-order valence-corrected chi connectivity index (χ1v) is 12.2. The zero-order valence-electron chi connectivity index (χ0n) is 18.2. The molecule has 0 saturated carbocycles. The number of nitriles is 2. The van der Waals surface area contributed by atoms with Gasteiger partial charge in [0.2, 0.25) is 5.91 Å². The van der Waals surface area contributed by atoms with Crippen LogP contribution in [0.15, 0.2) is 57.6 Å². The second-order valence-corrected chi connectivity index (χ2v) is 9.57. The van der Waals surface area contributed by atoms with E-state index in [1.54, 1.807) is 30.3 Å². The number of rotatable bonds is 8. The molecule has 5 N–H and O–H groups in total. The quantitative estimate of drug-likeness (QED) is 0.244. The maximum Gasteiger partial charge on any atom is 0.303 e. The molecular formula is C22H16N6O6S2. The topological polar surface area (TPSA) is 219 Å². The number of hydrogen-bond donors (Lipinski definition) is 4. The van der Waals surface area contributed by atoms with Crippen LogP contribution in [0.25, 0.3) is 11.1 Å². The van der Waals surface area contributed by atoms with Crippen molar-refractivity contribution in [2.75, 3.05) is 11.1 Å². The van der Waals surface area contributed by atoms with Crippen molar-refractivity contribution < 1.29 is 27.7 Å². The lowest BCUT2D eigenvalue weighted by molar-refractivity contribution is -0.138. The maximum atomic E-state index is 12.0. The molecule has 0 radical (unpaired) electrons. The lowest BCUT2D eigenvalue weighted by Gasteiger charge is -2.07. The number of carboxylic acids is 1. The summed E-state index contributed by atoms with van der Waals surface area (Å²) in [5, 5.41) is 38.8. The fourth-order valence-electron chi connectivity index (χ4n) is 3.03. The van der Waals surface area contributed by atoms with Crippen molar-refractivity contribution in [2.45, 2.75) is 17.7 Å². The van der Waals surface area contributed by atoms with Gasteiger partial charge < -0.3 is 16.2 Å². The number of nitrogens with two attached hydrogens (primary N) is 1. The monoisotopic (exact) mass is 524 g/mol. The third-order valence-electron chi connectivity index (χ3n) is 4.66. The molecule has 12 nitrogen and oxygen atoms in total. The third kappa shape index (κ3) is 6.08. The van der Waals surface area contributed by atoms with E-state index < -0.39 is 26.9 Å². The van der Waals surface area contributed by atoms with Crippen molar-refractivity contribution in [1.29, 1.82) is 10.5 Å². The molecule has 1 heterocycles. The summed E-state index contributed by atoms with van der Waals surface area (Å²) in [7, 11) is -4.52. The van der Waals surface area contributed by atoms with E-state index in [1.807, 2.05) is 6.07 Å². The van der Waals surface area contributed by atoms with Crippen molar-refractivity contribution in [3.63, 3.8) is 0 Å². The molecule has 182 valence electrons. The van der Waals surface area contributed by atoms with Crippen molar-refractivity contribution >= 4 is 54.7 Å². The Kier molecular flexibility index (Phi) is 7.76. The largest absolute Gasteiger partial charge is 0.481 e. The first-order chi connectivity index (χ1) is 17.0. The number of nitrogen functional groups attached to an aromatic ring is 1. The van der Waals surface area contributed by atoms with E-state index in [9.17, 15) is 33.1 Å². The van der Waals surface area contributed by atoms with Gasteiger partial charge >= 0.3 is 5.97 Å². The highest BCUT2D eigenvalue weighted by molar-refractivity contribution is 7.85. The molecular weight excluding hydrogens is 508 g/mol. The molecule has 0 spiro atoms. The zero-order valence-corrected chi connectivity index (χ0v) is 19.8. The molecule has 0 bridgehead atoms. The van der Waals surface area contributed by atoms with E-state index in [2.05, 4.69) is 15.5 Å². The third-order valence-corrected chi connectivity index (χ3v) is 6.42. The Hall–Kier alpha value is -4.63. The van der Waals surface area contributed by atoms with Gasteiger partial charge in [-0.05, 0) is 35.9 Å². The summed E-state index contributed by atoms with van der Waals surface area (Å²) in [6, 6.07) is 13.4. The Labute approximate surface area is 208 Å². The number of aliphatic carboxylic acids is 1. The molecule has 3 aromatic rings. The number of anilines is 2. The number of azo groups is 1. The summed E-state index contributed by atoms with van der Waals surface area (Å²) in [4.78, 5) is 22.2. The summed E-state index contributed by atoms with van der Waals surface area (Å²) in [6.07, 6.45) is -0.545. The molecule has 0 aliphatic heterocycles. The first-order valence-electron chi connectivity index (χ1n) is 9.91. The fourth-order valence-corrected chi connectivity index (χ4v) is 4.40. The second-order valence-electron chi connectivity index (χ2n) is 7.12. The Morgan fingerprint density at radius 2 is 1.83 bits per heavy atom. The van der Waals surface area contributed by atoms with Crippen LogP contribution in [0, 0.1) is 22.7 Å². The van der Waals surface area contributed by atoms with Crippen molar-refractivity contribution in [3.05, 3.63) is 53.6 Å². The highest BCUT2D eigenvalue weighted by atomic mass is 32.2. The molecule has 0 aliphatic carbocycles. The smallest absolute Gasteiger partial charge is 0.303 e. The van der Waals surface area contributed by atoms with Crippen LogP contribution in [-0.4, -0.2) is 30.0 Å². The van der Waals surface area contributed by atoms with E-state index in [0.717, 1.165) is 23.5 Å². The van der Waals surface area contributed by atoms with Crippen molar-refractivity contribution in [3.8, 4) is 23.3 Å². The van der Waals surface area contributed by atoms with Gasteiger partial charge in [-0.25, -0.2) is 0 Å². The molecule has 36 heavy (non-hydrogen) atoms. The number of carbonyl (C=O) groups excluding carboxylic acids is 1. The summed E-state index contributed by atoms with van der Waals surface area (Å²) >= 11 is 0.955. The highest BCUT2D eigenvalue weighted by Crippen LogP contribution is 2.45. The Balaban J connectivity index is 2.00. The zero-order chi connectivity index (χ0) is 26.5. The Bertz CT molecular complexity index is 1580. The fraction of sp³-hybridized carbons (Fsp3) is 0.0909. The number of nitrogens with zero attached hydrogens (tertiary/aromatic N) is 4. The van der Waals surface area contributed by atoms with Crippen LogP contribution >= 0.6 is 11.3 Å². The number of carboxylic acid groups (broad SMARTS) is 1. The molecule has 0 atom stereocenters. The number of thiophene rings is 1. The van der Waals surface area contributed by atoms with Crippen LogP contribution < -0.4 is 11.1 Å². The highest BCUT2D eigenvalue weighted by Gasteiger charge is 2.20. The number of hydrogen-bond acceptors (Lipinski definition) is 10. The van der Waals surface area contributed by atoms with Gasteiger partial charge in [0.1, 0.15) is 27.8 Å². The number of benzene rings is 2. The number of amides is 1. The predicted molar refractivity (Wildman–Crippen MR) is 130 cm³/mol. The molecule has 1 amide bonds. The van der Waals surface area contributed by atoms with Crippen LogP contribution in [0.5, 0.6) is 0 Å². The van der Waals surface area contributed by atoms with Gasteiger partial charge in [0.15, 0.2) is 0 Å². The minimum atomic E-state index is -4.52. The summed E-state index contributed by atoms with van der Waals surface area (Å²) in [6.45, 7) is 0. The minimum absolute atomic E-state index is 0.0146. The lowest BCUT2D eigenvalue weighted by atomic mass is 10.0. The van der Waals surface area contributed by atoms with Gasteiger partial charge in [-0.1, -0.05) is 23.5 Å². The van der Waals surface area contributed by atoms with Gasteiger partial charge in [0.05, 0.1) is 22.4 Å². The van der Waals surface area contributed by atoms with E-state index >= 15 is 0 Å². The molecule has 1 aromatic heterocycles. The predicted octanol–water partition coefficient (Wildman–Crippen LogP) is 4.21. The minimum Gasteiger partial charge on any atom is -0.481 e. The molecule has 3 rings (SSSR count). The summed E-state index contributed by atoms with van der Waals surface area (Å²) in [5.74, 6) is -1.61. The van der Waals surface area contributed by atoms with Crippen LogP contribution in [0.4, 0.5) is 21.4 Å². The molecule has 2 aromatic carbocycles. The SMILES string of the molecule is N#Cc1cc(S(=O)(=O)O)ccc1N=Nc1sc(N)c(C#N)c1-c1cccc(NC(=O)CCC(=O)O)c1. The molecule has 0 fully saturated rings. The van der Waals surface area contributed by atoms with Gasteiger partial charge in [0.25, 0.3) is 10.1 Å². The normalized spacial score (nSPS) is 11.1. The number of carbonyl (C=O) groups is 2. The number of nitrogens with one attached hydrogen (secondary N) is 1. The standard InChI is InChI=1S/C22H16N6O6S2/c23-10-13-9-15(36(32,33)34)4-5-17(13)27-28-22-20(16(11-24)21(25)35-22)12-2-1-3-14(8-12)26-18(29)6-7-19(30)31/h1-5,8-9H,6-7,25H2,(H,26,29)(H,30,31)(H,32,33,34). The molecule has 14 heteroatoms. The average molecular weight is 525 g/mol. The second kappa shape index (κ2) is 10.7. The van der Waals surface area contributed by atoms with Crippen LogP contribution in [0.1, 0.15) is 24.0 Å². The van der Waals surface area contributed by atoms with E-state index in [-0.39, 0.29) is 39.7 Å². The van der Waals surface area contributed by atoms with Crippen LogP contribution in [-0.2, 0) is 19.7 Å². The molecule has 0 aliphatic rings. The van der Waals surface area contributed by atoms with E-state index in [4.69, 9.17) is 10.8 Å². The van der Waals surface area contributed by atoms with Gasteiger partial charge in [-0.2, -0.15) is 18.9 Å². The van der Waals surface area contributed by atoms with Crippen LogP contribution in [0.3, 0.4) is 0 Å². The molecule has 0 saturated heterocycles. The van der Waals surface area contributed by atoms with Gasteiger partial charge in [-0.15, -0.1) is 10.2 Å². The van der Waals surface area contributed by atoms with Crippen LogP contribution in [0.2, 0.25) is 0 Å². The van der Waals surface area contributed by atoms with Crippen molar-refractivity contribution in [1.82, 2.24) is 0 Å². The molecule has 0 unspecified atom stereocenters. The van der Waals surface area contributed by atoms with Gasteiger partial charge in [-0.3, -0.25) is 14.1 Å². The Morgan fingerprint density at radius 3 is 2.47 bits per heavy atom. The Morgan fingerprint density at radius 1 is 1.08 bits per heavy atom. The van der Waals surface area contributed by atoms with E-state index in [1.165, 1.54) is 6.07 Å². The summed E-state index contributed by atoms with van der Waals surface area (Å²) in [5.41, 5.74) is 7.10.